The molecule has 0 fully saturated rings. The highest BCUT2D eigenvalue weighted by Crippen LogP contribution is 2.33. The van der Waals surface area contributed by atoms with Gasteiger partial charge in [-0.3, -0.25) is 0 Å². The van der Waals surface area contributed by atoms with E-state index in [0.717, 1.165) is 4.90 Å². The number of hydrogen-bond donors (Lipinski definition) is 3. The lowest BCUT2D eigenvalue weighted by Gasteiger charge is -2.15. The van der Waals surface area contributed by atoms with Crippen molar-refractivity contribution in [1.82, 2.24) is 0 Å². The normalized spacial score (nSPS) is 11.4. The molecule has 0 spiro atoms. The van der Waals surface area contributed by atoms with Crippen LogP contribution >= 0.6 is 11.8 Å². The number of ether oxygens (including phenoxy) is 1. The van der Waals surface area contributed by atoms with Gasteiger partial charge in [0, 0.05) is 10.5 Å². The van der Waals surface area contributed by atoms with Gasteiger partial charge in [-0.25, -0.2) is 0 Å². The first-order chi connectivity index (χ1) is 10.2. The fraction of sp³-hybridized carbons (Fsp3) is 0.133. The number of thioether (sulfide) groups is 1. The summed E-state index contributed by atoms with van der Waals surface area (Å²) in [6.45, 7) is -0.128. The van der Waals surface area contributed by atoms with E-state index in [0.29, 0.717) is 22.6 Å². The van der Waals surface area contributed by atoms with E-state index in [4.69, 9.17) is 15.7 Å². The third-order valence-electron chi connectivity index (χ3n) is 2.93. The van der Waals surface area contributed by atoms with Crippen LogP contribution in [-0.4, -0.2) is 22.4 Å². The van der Waals surface area contributed by atoms with Gasteiger partial charge in [0.05, 0.1) is 12.2 Å². The summed E-state index contributed by atoms with van der Waals surface area (Å²) < 4.78 is 5.85. The zero-order valence-corrected chi connectivity index (χ0v) is 12.3. The molecule has 0 unspecified atom stereocenters. The van der Waals surface area contributed by atoms with Crippen molar-refractivity contribution in [3.63, 3.8) is 0 Å². The van der Waals surface area contributed by atoms with E-state index in [1.807, 2.05) is 30.5 Å². The summed E-state index contributed by atoms with van der Waals surface area (Å²) in [5.41, 5.74) is 6.95. The highest BCUT2D eigenvalue weighted by atomic mass is 32.2. The first-order valence-corrected chi connectivity index (χ1v) is 7.45. The summed E-state index contributed by atoms with van der Waals surface area (Å²) in [6, 6.07) is 12.6. The number of aliphatic hydroxyl groups excluding tert-OH is 1. The maximum Gasteiger partial charge on any atom is 0.175 e. The van der Waals surface area contributed by atoms with Gasteiger partial charge in [-0.2, -0.15) is 0 Å². The van der Waals surface area contributed by atoms with Gasteiger partial charge in [0.2, 0.25) is 0 Å². The number of amidine groups is 1. The Labute approximate surface area is 127 Å². The van der Waals surface area contributed by atoms with Gasteiger partial charge in [-0.05, 0) is 24.5 Å². The molecule has 21 heavy (non-hydrogen) atoms. The Morgan fingerprint density at radius 2 is 1.90 bits per heavy atom. The lowest BCUT2D eigenvalue weighted by atomic mass is 10.1. The summed E-state index contributed by atoms with van der Waals surface area (Å²) in [5, 5.41) is 21.4. The standard InChI is InChI=1S/C15H16N2O3S/c1-21-13-8-4-7-12(14(13)15(16)17-19)20-11-6-3-2-5-10(11)9-18/h2-8,18-19H,9H2,1H3,(H2,16,17). The van der Waals surface area contributed by atoms with Crippen molar-refractivity contribution in [3.05, 3.63) is 53.6 Å². The Balaban J connectivity index is 2.49. The molecule has 110 valence electrons. The van der Waals surface area contributed by atoms with Crippen molar-refractivity contribution in [2.45, 2.75) is 11.5 Å². The van der Waals surface area contributed by atoms with Gasteiger partial charge in [-0.15, -0.1) is 11.8 Å². The van der Waals surface area contributed by atoms with Crippen LogP contribution < -0.4 is 10.5 Å². The zero-order chi connectivity index (χ0) is 15.2. The van der Waals surface area contributed by atoms with Gasteiger partial charge in [0.15, 0.2) is 5.84 Å². The van der Waals surface area contributed by atoms with Crippen LogP contribution in [0.15, 0.2) is 52.5 Å². The molecule has 0 heterocycles. The molecular weight excluding hydrogens is 288 g/mol. The summed E-state index contributed by atoms with van der Waals surface area (Å²) in [7, 11) is 0. The van der Waals surface area contributed by atoms with Crippen molar-refractivity contribution >= 4 is 17.6 Å². The minimum Gasteiger partial charge on any atom is -0.456 e. The average molecular weight is 304 g/mol. The van der Waals surface area contributed by atoms with Crippen molar-refractivity contribution < 1.29 is 15.1 Å². The topological polar surface area (TPSA) is 88.1 Å². The molecule has 0 saturated heterocycles. The summed E-state index contributed by atoms with van der Waals surface area (Å²) >= 11 is 1.47. The fourth-order valence-electron chi connectivity index (χ4n) is 1.92. The van der Waals surface area contributed by atoms with Crippen LogP contribution in [0.3, 0.4) is 0 Å². The van der Waals surface area contributed by atoms with Crippen LogP contribution in [0.2, 0.25) is 0 Å². The second-order valence-electron chi connectivity index (χ2n) is 4.19. The molecule has 4 N–H and O–H groups in total. The lowest BCUT2D eigenvalue weighted by molar-refractivity contribution is 0.276. The predicted molar refractivity (Wildman–Crippen MR) is 83.2 cm³/mol. The number of oxime groups is 1. The largest absolute Gasteiger partial charge is 0.456 e. The van der Waals surface area contributed by atoms with Crippen LogP contribution in [0.4, 0.5) is 0 Å². The Morgan fingerprint density at radius 1 is 1.19 bits per heavy atom. The van der Waals surface area contributed by atoms with Crippen LogP contribution in [0, 0.1) is 0 Å². The molecule has 0 aliphatic heterocycles. The molecule has 0 aromatic heterocycles. The highest BCUT2D eigenvalue weighted by molar-refractivity contribution is 7.98. The molecule has 6 heteroatoms. The molecule has 0 amide bonds. The van der Waals surface area contributed by atoms with Gasteiger partial charge in [0.25, 0.3) is 0 Å². The number of benzene rings is 2. The minimum atomic E-state index is -0.128. The Morgan fingerprint density at radius 3 is 2.57 bits per heavy atom. The molecule has 0 aliphatic rings. The fourth-order valence-corrected chi connectivity index (χ4v) is 2.55. The third-order valence-corrected chi connectivity index (χ3v) is 3.71. The summed E-state index contributed by atoms with van der Waals surface area (Å²) in [6.07, 6.45) is 1.90. The molecule has 0 radical (unpaired) electrons. The van der Waals surface area contributed by atoms with Crippen molar-refractivity contribution in [1.29, 1.82) is 0 Å². The predicted octanol–water partition coefficient (Wildman–Crippen LogP) is 2.79. The van der Waals surface area contributed by atoms with Crippen LogP contribution in [-0.2, 0) is 6.61 Å². The smallest absolute Gasteiger partial charge is 0.175 e. The summed E-state index contributed by atoms with van der Waals surface area (Å²) in [4.78, 5) is 0.837. The van der Waals surface area contributed by atoms with Gasteiger partial charge >= 0.3 is 0 Å². The molecular formula is C15H16N2O3S. The van der Waals surface area contributed by atoms with Crippen molar-refractivity contribution in [3.8, 4) is 11.5 Å². The molecule has 2 rings (SSSR count). The van der Waals surface area contributed by atoms with Crippen molar-refractivity contribution in [2.75, 3.05) is 6.26 Å². The maximum absolute atomic E-state index is 9.35. The lowest BCUT2D eigenvalue weighted by Crippen LogP contribution is -2.15. The average Bonchev–Trinajstić information content (AvgIpc) is 2.54. The van der Waals surface area contributed by atoms with Gasteiger partial charge < -0.3 is 20.8 Å². The first kappa shape index (κ1) is 15.2. The van der Waals surface area contributed by atoms with E-state index in [1.165, 1.54) is 11.8 Å². The van der Waals surface area contributed by atoms with E-state index in [9.17, 15) is 5.11 Å². The molecule has 0 bridgehead atoms. The monoisotopic (exact) mass is 304 g/mol. The van der Waals surface area contributed by atoms with Gasteiger partial charge in [-0.1, -0.05) is 29.4 Å². The SMILES string of the molecule is CSc1cccc(Oc2ccccc2CO)c1/C(N)=N/O. The Bertz CT molecular complexity index is 659. The van der Waals surface area contributed by atoms with Crippen LogP contribution in [0.1, 0.15) is 11.1 Å². The number of hydrogen-bond acceptors (Lipinski definition) is 5. The molecule has 0 atom stereocenters. The van der Waals surface area contributed by atoms with Crippen LogP contribution in [0.25, 0.3) is 0 Å². The number of para-hydroxylation sites is 1. The number of rotatable bonds is 5. The van der Waals surface area contributed by atoms with E-state index in [2.05, 4.69) is 5.16 Å². The molecule has 0 aliphatic carbocycles. The molecule has 0 saturated carbocycles. The second kappa shape index (κ2) is 7.01. The van der Waals surface area contributed by atoms with Gasteiger partial charge in [0.1, 0.15) is 11.5 Å². The second-order valence-corrected chi connectivity index (χ2v) is 5.03. The van der Waals surface area contributed by atoms with E-state index in [-0.39, 0.29) is 12.4 Å². The number of nitrogens with zero attached hydrogens (tertiary/aromatic N) is 1. The van der Waals surface area contributed by atoms with E-state index >= 15 is 0 Å². The Kier molecular flexibility index (Phi) is 5.08. The van der Waals surface area contributed by atoms with E-state index < -0.39 is 0 Å². The zero-order valence-electron chi connectivity index (χ0n) is 11.5. The highest BCUT2D eigenvalue weighted by Gasteiger charge is 2.15. The maximum atomic E-state index is 9.35. The quantitative estimate of drug-likeness (QED) is 0.260. The summed E-state index contributed by atoms with van der Waals surface area (Å²) in [5.74, 6) is 0.986. The molecule has 2 aromatic rings. The molecule has 5 nitrogen and oxygen atoms in total. The van der Waals surface area contributed by atoms with Crippen molar-refractivity contribution in [2.24, 2.45) is 10.9 Å². The number of aliphatic hydroxyl groups is 1. The first-order valence-electron chi connectivity index (χ1n) is 6.22. The minimum absolute atomic E-state index is 0.0172. The third kappa shape index (κ3) is 3.29. The molecule has 2 aromatic carbocycles. The van der Waals surface area contributed by atoms with Crippen LogP contribution in [0.5, 0.6) is 11.5 Å². The van der Waals surface area contributed by atoms with E-state index in [1.54, 1.807) is 18.2 Å². The number of nitrogens with two attached hydrogens (primary N) is 1. The Hall–Kier alpha value is -2.18.